The van der Waals surface area contributed by atoms with Crippen molar-refractivity contribution in [3.8, 4) is 0 Å². The van der Waals surface area contributed by atoms with Crippen LogP contribution in [0.4, 0.5) is 0 Å². The Morgan fingerprint density at radius 2 is 1.78 bits per heavy atom. The second kappa shape index (κ2) is 4.27. The van der Waals surface area contributed by atoms with E-state index in [1.165, 1.54) is 0 Å². The van der Waals surface area contributed by atoms with Gasteiger partial charge in [-0.25, -0.2) is 0 Å². The Bertz CT molecular complexity index is 450. The lowest BCUT2D eigenvalue weighted by molar-refractivity contribution is -0.152. The van der Waals surface area contributed by atoms with Gasteiger partial charge in [-0.3, -0.25) is 4.79 Å². The van der Waals surface area contributed by atoms with Crippen molar-refractivity contribution < 1.29 is 9.90 Å². The Balaban J connectivity index is 2.27. The van der Waals surface area contributed by atoms with Crippen molar-refractivity contribution in [1.82, 2.24) is 0 Å². The van der Waals surface area contributed by atoms with Crippen molar-refractivity contribution in [3.63, 3.8) is 0 Å². The number of rotatable bonds is 2. The molecule has 1 fully saturated rings. The van der Waals surface area contributed by atoms with E-state index in [0.717, 1.165) is 5.56 Å². The molecule has 0 saturated heterocycles. The molecule has 2 nitrogen and oxygen atoms in total. The van der Waals surface area contributed by atoms with Gasteiger partial charge in [0.15, 0.2) is 0 Å². The maximum absolute atomic E-state index is 11.6. The first-order valence-corrected chi connectivity index (χ1v) is 6.63. The van der Waals surface area contributed by atoms with Gasteiger partial charge < -0.3 is 5.11 Å². The Morgan fingerprint density at radius 1 is 1.28 bits per heavy atom. The molecule has 1 saturated carbocycles. The zero-order valence-electron chi connectivity index (χ0n) is 11.0. The van der Waals surface area contributed by atoms with Crippen LogP contribution in [0.5, 0.6) is 0 Å². The molecule has 0 unspecified atom stereocenters. The number of carboxylic acids is 1. The van der Waals surface area contributed by atoms with Gasteiger partial charge in [-0.1, -0.05) is 44.5 Å². The monoisotopic (exact) mass is 266 g/mol. The van der Waals surface area contributed by atoms with E-state index in [-0.39, 0.29) is 5.41 Å². The van der Waals surface area contributed by atoms with Crippen molar-refractivity contribution in [3.05, 3.63) is 34.9 Å². The molecular formula is C15H19ClO2. The molecular weight excluding hydrogens is 248 g/mol. The van der Waals surface area contributed by atoms with E-state index >= 15 is 0 Å². The lowest BCUT2D eigenvalue weighted by atomic mass is 9.52. The molecule has 1 aliphatic carbocycles. The summed E-state index contributed by atoms with van der Waals surface area (Å²) in [5.41, 5.74) is 0.341. The fourth-order valence-corrected chi connectivity index (χ4v) is 2.82. The van der Waals surface area contributed by atoms with Crippen molar-refractivity contribution >= 4 is 17.6 Å². The van der Waals surface area contributed by atoms with E-state index in [1.54, 1.807) is 12.1 Å². The second-order valence-electron chi connectivity index (χ2n) is 6.37. The summed E-state index contributed by atoms with van der Waals surface area (Å²) in [6, 6.07) is 7.22. The Morgan fingerprint density at radius 3 is 2.17 bits per heavy atom. The van der Waals surface area contributed by atoms with E-state index < -0.39 is 11.4 Å². The molecule has 0 radical (unpaired) electrons. The highest BCUT2D eigenvalue weighted by molar-refractivity contribution is 6.30. The predicted octanol–water partition coefficient (Wildman–Crippen LogP) is 4.12. The average Bonchev–Trinajstić information content (AvgIpc) is 2.16. The number of halogens is 1. The molecule has 0 bridgehead atoms. The van der Waals surface area contributed by atoms with Crippen molar-refractivity contribution in [2.45, 2.75) is 39.0 Å². The quantitative estimate of drug-likeness (QED) is 0.874. The third-order valence-electron chi connectivity index (χ3n) is 4.22. The van der Waals surface area contributed by atoms with Crippen molar-refractivity contribution in [2.24, 2.45) is 11.3 Å². The van der Waals surface area contributed by atoms with Crippen LogP contribution >= 0.6 is 11.6 Å². The number of benzene rings is 1. The first-order chi connectivity index (χ1) is 8.25. The Labute approximate surface area is 113 Å². The molecule has 18 heavy (non-hydrogen) atoms. The molecule has 1 aromatic rings. The van der Waals surface area contributed by atoms with E-state index in [2.05, 4.69) is 20.8 Å². The summed E-state index contributed by atoms with van der Waals surface area (Å²) in [6.45, 7) is 6.52. The zero-order valence-corrected chi connectivity index (χ0v) is 11.8. The van der Waals surface area contributed by atoms with E-state index in [4.69, 9.17) is 11.6 Å². The van der Waals surface area contributed by atoms with Gasteiger partial charge in [-0.2, -0.15) is 0 Å². The van der Waals surface area contributed by atoms with Crippen molar-refractivity contribution in [1.29, 1.82) is 0 Å². The zero-order chi connectivity index (χ0) is 13.6. The van der Waals surface area contributed by atoms with Crippen molar-refractivity contribution in [2.75, 3.05) is 0 Å². The third kappa shape index (κ3) is 2.14. The summed E-state index contributed by atoms with van der Waals surface area (Å²) in [6.07, 6.45) is 1.43. The minimum absolute atomic E-state index is 0.172. The molecule has 0 spiro atoms. The molecule has 1 aliphatic rings. The predicted molar refractivity (Wildman–Crippen MR) is 72.9 cm³/mol. The van der Waals surface area contributed by atoms with E-state index in [0.29, 0.717) is 23.8 Å². The summed E-state index contributed by atoms with van der Waals surface area (Å²) < 4.78 is 0. The van der Waals surface area contributed by atoms with Gasteiger partial charge in [0.25, 0.3) is 0 Å². The Kier molecular flexibility index (Phi) is 3.18. The molecule has 0 aromatic heterocycles. The highest BCUT2D eigenvalue weighted by Crippen LogP contribution is 2.54. The number of carboxylic acid groups (broad SMARTS) is 1. The maximum atomic E-state index is 11.6. The summed E-state index contributed by atoms with van der Waals surface area (Å²) in [5.74, 6) is -0.255. The largest absolute Gasteiger partial charge is 0.481 e. The third-order valence-corrected chi connectivity index (χ3v) is 4.47. The average molecular weight is 267 g/mol. The maximum Gasteiger partial charge on any atom is 0.314 e. The van der Waals surface area contributed by atoms with Crippen LogP contribution in [-0.2, 0) is 10.2 Å². The van der Waals surface area contributed by atoms with Gasteiger partial charge in [-0.15, -0.1) is 0 Å². The van der Waals surface area contributed by atoms with E-state index in [1.807, 2.05) is 12.1 Å². The molecule has 1 aromatic carbocycles. The lowest BCUT2D eigenvalue weighted by Crippen LogP contribution is -2.51. The van der Waals surface area contributed by atoms with Gasteiger partial charge in [0.2, 0.25) is 0 Å². The number of hydrogen-bond donors (Lipinski definition) is 1. The van der Waals surface area contributed by atoms with Gasteiger partial charge in [0.05, 0.1) is 5.41 Å². The van der Waals surface area contributed by atoms with Crippen LogP contribution in [0.15, 0.2) is 24.3 Å². The lowest BCUT2D eigenvalue weighted by Gasteiger charge is -2.50. The molecule has 0 amide bonds. The van der Waals surface area contributed by atoms with Crippen LogP contribution < -0.4 is 0 Å². The van der Waals surface area contributed by atoms with Crippen LogP contribution in [0.3, 0.4) is 0 Å². The van der Waals surface area contributed by atoms with Crippen LogP contribution in [0.25, 0.3) is 0 Å². The SMILES string of the molecule is CC(C)(C)C1CC(C(=O)O)(c2ccc(Cl)cc2)C1. The molecule has 98 valence electrons. The molecule has 1 N–H and O–H groups in total. The van der Waals surface area contributed by atoms with E-state index in [9.17, 15) is 9.90 Å². The molecule has 0 aliphatic heterocycles. The standard InChI is InChI=1S/C15H19ClO2/c1-14(2,3)11-8-15(9-11,13(17)18)10-4-6-12(16)7-5-10/h4-7,11H,8-9H2,1-3H3,(H,17,18). The molecule has 0 atom stereocenters. The second-order valence-corrected chi connectivity index (χ2v) is 6.80. The summed E-state index contributed by atoms with van der Waals surface area (Å²) in [7, 11) is 0. The fourth-order valence-electron chi connectivity index (χ4n) is 2.70. The van der Waals surface area contributed by atoms with Crippen LogP contribution in [-0.4, -0.2) is 11.1 Å². The van der Waals surface area contributed by atoms with Crippen LogP contribution in [0.1, 0.15) is 39.2 Å². The summed E-state index contributed by atoms with van der Waals surface area (Å²) in [4.78, 5) is 11.6. The van der Waals surface area contributed by atoms with Gasteiger partial charge in [0, 0.05) is 5.02 Å². The van der Waals surface area contributed by atoms with Gasteiger partial charge in [0.1, 0.15) is 0 Å². The highest BCUT2D eigenvalue weighted by Gasteiger charge is 2.54. The minimum atomic E-state index is -0.717. The summed E-state index contributed by atoms with van der Waals surface area (Å²) in [5, 5.41) is 10.2. The first-order valence-electron chi connectivity index (χ1n) is 6.25. The summed E-state index contributed by atoms with van der Waals surface area (Å²) >= 11 is 5.86. The number of aliphatic carboxylic acids is 1. The van der Waals surface area contributed by atoms with Crippen LogP contribution in [0, 0.1) is 11.3 Å². The molecule has 2 rings (SSSR count). The number of carbonyl (C=O) groups is 1. The first kappa shape index (κ1) is 13.4. The smallest absolute Gasteiger partial charge is 0.314 e. The molecule has 3 heteroatoms. The molecule has 0 heterocycles. The Hall–Kier alpha value is -1.02. The van der Waals surface area contributed by atoms with Gasteiger partial charge in [-0.05, 0) is 41.9 Å². The normalized spacial score (nSPS) is 27.7. The number of hydrogen-bond acceptors (Lipinski definition) is 1. The van der Waals surface area contributed by atoms with Crippen LogP contribution in [0.2, 0.25) is 5.02 Å². The fraction of sp³-hybridized carbons (Fsp3) is 0.533. The topological polar surface area (TPSA) is 37.3 Å². The minimum Gasteiger partial charge on any atom is -0.481 e. The highest BCUT2D eigenvalue weighted by atomic mass is 35.5. The van der Waals surface area contributed by atoms with Gasteiger partial charge >= 0.3 is 5.97 Å².